The van der Waals surface area contributed by atoms with Crippen LogP contribution in [-0.4, -0.2) is 15.0 Å². The Balaban J connectivity index is 1.87. The zero-order valence-corrected chi connectivity index (χ0v) is 12.1. The van der Waals surface area contributed by atoms with Crippen molar-refractivity contribution in [2.24, 2.45) is 0 Å². The molecule has 0 N–H and O–H groups in total. The lowest BCUT2D eigenvalue weighted by Gasteiger charge is -2.07. The number of para-hydroxylation sites is 1. The number of rotatable bonds is 3. The molecule has 0 saturated carbocycles. The molecule has 4 rings (SSSR count). The van der Waals surface area contributed by atoms with E-state index in [2.05, 4.69) is 52.8 Å². The summed E-state index contributed by atoms with van der Waals surface area (Å²) in [5, 5.41) is 8.66. The molecule has 0 amide bonds. The van der Waals surface area contributed by atoms with Crippen LogP contribution in [0.1, 0.15) is 5.56 Å². The van der Waals surface area contributed by atoms with E-state index in [-0.39, 0.29) is 0 Å². The van der Waals surface area contributed by atoms with Gasteiger partial charge in [-0.25, -0.2) is 4.68 Å². The van der Waals surface area contributed by atoms with Gasteiger partial charge in [0.15, 0.2) is 0 Å². The lowest BCUT2D eigenvalue weighted by molar-refractivity contribution is 0.670. The molecule has 0 aliphatic heterocycles. The first kappa shape index (κ1) is 12.8. The summed E-state index contributed by atoms with van der Waals surface area (Å²) in [5.41, 5.74) is 5.58. The van der Waals surface area contributed by atoms with Crippen LogP contribution in [0.4, 0.5) is 0 Å². The fourth-order valence-electron chi connectivity index (χ4n) is 2.75. The number of benzene rings is 3. The van der Waals surface area contributed by atoms with E-state index >= 15 is 0 Å². The lowest BCUT2D eigenvalue weighted by atomic mass is 10.0. The summed E-state index contributed by atoms with van der Waals surface area (Å²) >= 11 is 0. The van der Waals surface area contributed by atoms with Crippen LogP contribution in [0, 0.1) is 0 Å². The van der Waals surface area contributed by atoms with E-state index in [4.69, 9.17) is 0 Å². The van der Waals surface area contributed by atoms with E-state index in [9.17, 15) is 0 Å². The Kier molecular flexibility index (Phi) is 3.16. The van der Waals surface area contributed by atoms with Gasteiger partial charge < -0.3 is 0 Å². The molecule has 4 aromatic rings. The van der Waals surface area contributed by atoms with E-state index in [0.29, 0.717) is 0 Å². The lowest BCUT2D eigenvalue weighted by Crippen LogP contribution is -2.02. The number of hydrogen-bond acceptors (Lipinski definition) is 2. The van der Waals surface area contributed by atoms with Crippen molar-refractivity contribution in [3.8, 4) is 11.1 Å². The first-order valence-electron chi connectivity index (χ1n) is 7.33. The molecule has 0 spiro atoms. The topological polar surface area (TPSA) is 30.7 Å². The Morgan fingerprint density at radius 2 is 1.45 bits per heavy atom. The van der Waals surface area contributed by atoms with Crippen LogP contribution in [0.25, 0.3) is 22.2 Å². The van der Waals surface area contributed by atoms with Gasteiger partial charge in [-0.15, -0.1) is 5.10 Å². The molecule has 106 valence electrons. The summed E-state index contributed by atoms with van der Waals surface area (Å²) in [4.78, 5) is 0. The summed E-state index contributed by atoms with van der Waals surface area (Å²) in [6, 6.07) is 26.9. The van der Waals surface area contributed by atoms with Crippen molar-refractivity contribution in [1.29, 1.82) is 0 Å². The third kappa shape index (κ3) is 2.27. The van der Waals surface area contributed by atoms with Crippen LogP contribution >= 0.6 is 0 Å². The molecule has 0 aliphatic carbocycles. The van der Waals surface area contributed by atoms with E-state index in [0.717, 1.165) is 17.6 Å². The highest BCUT2D eigenvalue weighted by Gasteiger charge is 2.11. The Morgan fingerprint density at radius 1 is 0.727 bits per heavy atom. The van der Waals surface area contributed by atoms with Crippen LogP contribution < -0.4 is 0 Å². The maximum absolute atomic E-state index is 4.34. The Morgan fingerprint density at radius 3 is 2.23 bits per heavy atom. The van der Waals surface area contributed by atoms with Crippen LogP contribution in [0.3, 0.4) is 0 Å². The van der Waals surface area contributed by atoms with Crippen molar-refractivity contribution >= 4 is 11.0 Å². The van der Waals surface area contributed by atoms with Crippen molar-refractivity contribution in [3.05, 3.63) is 84.4 Å². The Hall–Kier alpha value is -2.94. The number of nitrogens with zero attached hydrogens (tertiary/aromatic N) is 3. The molecule has 0 aliphatic rings. The zero-order valence-electron chi connectivity index (χ0n) is 12.1. The van der Waals surface area contributed by atoms with Gasteiger partial charge in [0, 0.05) is 5.56 Å². The molecule has 3 nitrogen and oxygen atoms in total. The van der Waals surface area contributed by atoms with Crippen LogP contribution in [0.2, 0.25) is 0 Å². The normalized spacial score (nSPS) is 10.9. The van der Waals surface area contributed by atoms with Crippen LogP contribution in [0.5, 0.6) is 0 Å². The highest BCUT2D eigenvalue weighted by atomic mass is 15.4. The van der Waals surface area contributed by atoms with E-state index in [1.807, 2.05) is 41.1 Å². The molecule has 0 atom stereocenters. The average Bonchev–Trinajstić information content (AvgIpc) is 3.00. The molecule has 3 heteroatoms. The number of hydrogen-bond donors (Lipinski definition) is 0. The average molecular weight is 285 g/mol. The van der Waals surface area contributed by atoms with E-state index in [1.54, 1.807) is 0 Å². The van der Waals surface area contributed by atoms with Crippen molar-refractivity contribution in [3.63, 3.8) is 0 Å². The molecule has 0 bridgehead atoms. The quantitative estimate of drug-likeness (QED) is 0.566. The molecule has 1 aromatic heterocycles. The predicted octanol–water partition coefficient (Wildman–Crippen LogP) is 4.15. The van der Waals surface area contributed by atoms with Gasteiger partial charge in [0.1, 0.15) is 5.52 Å². The fourth-order valence-corrected chi connectivity index (χ4v) is 2.75. The summed E-state index contributed by atoms with van der Waals surface area (Å²) in [7, 11) is 0. The minimum atomic E-state index is 0.723. The SMILES string of the molecule is c1ccc(Cn2nnc3cccc(-c4ccccc4)c32)cc1. The fraction of sp³-hybridized carbons (Fsp3) is 0.0526. The van der Waals surface area contributed by atoms with Gasteiger partial charge in [-0.05, 0) is 17.2 Å². The minimum absolute atomic E-state index is 0.723. The van der Waals surface area contributed by atoms with Gasteiger partial charge in [0.05, 0.1) is 12.1 Å². The summed E-state index contributed by atoms with van der Waals surface area (Å²) in [6.45, 7) is 0.723. The highest BCUT2D eigenvalue weighted by Crippen LogP contribution is 2.27. The summed E-state index contributed by atoms with van der Waals surface area (Å²) in [6.07, 6.45) is 0. The monoisotopic (exact) mass is 285 g/mol. The summed E-state index contributed by atoms with van der Waals surface area (Å²) < 4.78 is 1.98. The highest BCUT2D eigenvalue weighted by molar-refractivity contribution is 5.91. The van der Waals surface area contributed by atoms with Crippen molar-refractivity contribution < 1.29 is 0 Å². The van der Waals surface area contributed by atoms with Gasteiger partial charge in [0.2, 0.25) is 0 Å². The molecule has 0 unspecified atom stereocenters. The standard InChI is InChI=1S/C19H15N3/c1-3-8-15(9-4-1)14-22-19-17(16-10-5-2-6-11-16)12-7-13-18(19)20-21-22/h1-13H,14H2. The first-order chi connectivity index (χ1) is 10.9. The van der Waals surface area contributed by atoms with E-state index < -0.39 is 0 Å². The van der Waals surface area contributed by atoms with Crippen LogP contribution in [0.15, 0.2) is 78.9 Å². The van der Waals surface area contributed by atoms with Gasteiger partial charge >= 0.3 is 0 Å². The van der Waals surface area contributed by atoms with Crippen molar-refractivity contribution in [1.82, 2.24) is 15.0 Å². The third-order valence-electron chi connectivity index (χ3n) is 3.79. The maximum atomic E-state index is 4.34. The Bertz CT molecular complexity index is 896. The van der Waals surface area contributed by atoms with Gasteiger partial charge in [0.25, 0.3) is 0 Å². The van der Waals surface area contributed by atoms with E-state index in [1.165, 1.54) is 16.7 Å². The Labute approximate surface area is 128 Å². The van der Waals surface area contributed by atoms with Gasteiger partial charge in [-0.1, -0.05) is 78.0 Å². The van der Waals surface area contributed by atoms with Gasteiger partial charge in [-0.3, -0.25) is 0 Å². The molecule has 22 heavy (non-hydrogen) atoms. The largest absolute Gasteiger partial charge is 0.240 e. The number of fused-ring (bicyclic) bond motifs is 1. The minimum Gasteiger partial charge on any atom is -0.240 e. The molecule has 0 radical (unpaired) electrons. The first-order valence-corrected chi connectivity index (χ1v) is 7.33. The molecule has 0 saturated heterocycles. The second kappa shape index (κ2) is 5.45. The molecule has 1 heterocycles. The molecule has 0 fully saturated rings. The maximum Gasteiger partial charge on any atom is 0.113 e. The molecular formula is C19H15N3. The second-order valence-corrected chi connectivity index (χ2v) is 5.27. The van der Waals surface area contributed by atoms with Crippen molar-refractivity contribution in [2.75, 3.05) is 0 Å². The third-order valence-corrected chi connectivity index (χ3v) is 3.79. The molecular weight excluding hydrogens is 270 g/mol. The van der Waals surface area contributed by atoms with Gasteiger partial charge in [-0.2, -0.15) is 0 Å². The number of aromatic nitrogens is 3. The predicted molar refractivity (Wildman–Crippen MR) is 88.5 cm³/mol. The van der Waals surface area contributed by atoms with Crippen molar-refractivity contribution in [2.45, 2.75) is 6.54 Å². The zero-order chi connectivity index (χ0) is 14.8. The molecule has 3 aromatic carbocycles. The smallest absolute Gasteiger partial charge is 0.113 e. The van der Waals surface area contributed by atoms with Crippen LogP contribution in [-0.2, 0) is 6.54 Å². The summed E-state index contributed by atoms with van der Waals surface area (Å²) in [5.74, 6) is 0. The second-order valence-electron chi connectivity index (χ2n) is 5.27.